The summed E-state index contributed by atoms with van der Waals surface area (Å²) in [5.74, 6) is -1.11. The summed E-state index contributed by atoms with van der Waals surface area (Å²) in [6, 6.07) is 1.78. The van der Waals surface area contributed by atoms with Crippen molar-refractivity contribution in [1.82, 2.24) is 9.47 Å². The summed E-state index contributed by atoms with van der Waals surface area (Å²) in [7, 11) is 0. The van der Waals surface area contributed by atoms with Crippen molar-refractivity contribution in [3.8, 4) is 5.75 Å². The van der Waals surface area contributed by atoms with Gasteiger partial charge in [-0.25, -0.2) is 9.59 Å². The van der Waals surface area contributed by atoms with Crippen molar-refractivity contribution < 1.29 is 24.2 Å². The van der Waals surface area contributed by atoms with Gasteiger partial charge in [0, 0.05) is 19.6 Å². The third kappa shape index (κ3) is 4.61. The third-order valence-corrected chi connectivity index (χ3v) is 5.95. The fraction of sp³-hybridized carbons (Fsp3) is 0.571. The highest BCUT2D eigenvalue weighted by molar-refractivity contribution is 7.17. The van der Waals surface area contributed by atoms with E-state index in [1.54, 1.807) is 23.3 Å². The molecule has 1 aliphatic rings. The van der Waals surface area contributed by atoms with Crippen LogP contribution >= 0.6 is 11.3 Å². The van der Waals surface area contributed by atoms with E-state index in [4.69, 9.17) is 9.47 Å². The molecule has 2 aromatic rings. The van der Waals surface area contributed by atoms with Crippen LogP contribution < -0.4 is 5.56 Å². The van der Waals surface area contributed by atoms with Crippen LogP contribution in [0.25, 0.3) is 10.2 Å². The molecule has 0 aliphatic carbocycles. The molecule has 1 N–H and O–H groups in total. The van der Waals surface area contributed by atoms with Gasteiger partial charge in [0.15, 0.2) is 5.75 Å². The van der Waals surface area contributed by atoms with E-state index >= 15 is 0 Å². The van der Waals surface area contributed by atoms with Crippen LogP contribution in [-0.4, -0.2) is 51.9 Å². The Labute approximate surface area is 179 Å². The Bertz CT molecular complexity index is 995. The lowest BCUT2D eigenvalue weighted by molar-refractivity contribution is 0.0178. The van der Waals surface area contributed by atoms with Crippen LogP contribution in [-0.2, 0) is 16.0 Å². The maximum absolute atomic E-state index is 12.8. The number of carbonyl (C=O) groups excluding carboxylic acids is 2. The van der Waals surface area contributed by atoms with Gasteiger partial charge >= 0.3 is 12.1 Å². The molecule has 30 heavy (non-hydrogen) atoms. The smallest absolute Gasteiger partial charge is 0.410 e. The Balaban J connectivity index is 1.78. The number of likely N-dealkylation sites (tertiary alicyclic amines) is 1. The van der Waals surface area contributed by atoms with Gasteiger partial charge in [-0.15, -0.1) is 11.3 Å². The molecule has 1 fully saturated rings. The summed E-state index contributed by atoms with van der Waals surface area (Å²) in [6.45, 7) is 8.84. The fourth-order valence-electron chi connectivity index (χ4n) is 3.61. The first-order chi connectivity index (χ1) is 14.1. The molecule has 0 atom stereocenters. The molecule has 1 amide bonds. The number of amides is 1. The number of fused-ring (bicyclic) bond motifs is 1. The number of hydrogen-bond donors (Lipinski definition) is 1. The molecule has 3 rings (SSSR count). The van der Waals surface area contributed by atoms with Crippen LogP contribution in [0.5, 0.6) is 5.75 Å². The molecule has 1 aliphatic heterocycles. The largest absolute Gasteiger partial charge is 0.502 e. The highest BCUT2D eigenvalue weighted by Crippen LogP contribution is 2.31. The second-order valence-electron chi connectivity index (χ2n) is 8.41. The first-order valence-electron chi connectivity index (χ1n) is 10.1. The average Bonchev–Trinajstić information content (AvgIpc) is 3.14. The highest BCUT2D eigenvalue weighted by atomic mass is 32.1. The number of ether oxygens (including phenoxy) is 2. The predicted octanol–water partition coefficient (Wildman–Crippen LogP) is 3.59. The fourth-order valence-corrected chi connectivity index (χ4v) is 4.54. The Morgan fingerprint density at radius 2 is 1.93 bits per heavy atom. The van der Waals surface area contributed by atoms with E-state index in [1.165, 1.54) is 15.9 Å². The summed E-state index contributed by atoms with van der Waals surface area (Å²) in [4.78, 5) is 39.0. The van der Waals surface area contributed by atoms with Crippen LogP contribution in [0.15, 0.2) is 16.2 Å². The molecular formula is C21H28N2O6S. The maximum atomic E-state index is 12.8. The Hall–Kier alpha value is -2.55. The standard InChI is InChI=1S/C21H28N2O6S/c1-5-28-19(26)15-16(24)18(25)23(14-8-11-30-17(14)15)12-13-6-9-22(10-7-13)20(27)29-21(2,3)4/h8,11,13,24H,5-7,9-10,12H2,1-4H3. The van der Waals surface area contributed by atoms with Gasteiger partial charge in [-0.3, -0.25) is 4.79 Å². The minimum atomic E-state index is -0.697. The lowest BCUT2D eigenvalue weighted by Crippen LogP contribution is -2.42. The second kappa shape index (κ2) is 8.67. The van der Waals surface area contributed by atoms with Gasteiger partial charge in [0.1, 0.15) is 11.2 Å². The molecule has 0 spiro atoms. The number of carbonyl (C=O) groups is 2. The zero-order chi connectivity index (χ0) is 22.1. The maximum Gasteiger partial charge on any atom is 0.410 e. The van der Waals surface area contributed by atoms with Crippen molar-refractivity contribution in [2.75, 3.05) is 19.7 Å². The number of esters is 1. The average molecular weight is 437 g/mol. The van der Waals surface area contributed by atoms with Crippen molar-refractivity contribution in [3.63, 3.8) is 0 Å². The first-order valence-corrected chi connectivity index (χ1v) is 11.0. The summed E-state index contributed by atoms with van der Waals surface area (Å²) < 4.78 is 12.5. The summed E-state index contributed by atoms with van der Waals surface area (Å²) in [6.07, 6.45) is 1.12. The number of nitrogens with zero attached hydrogens (tertiary/aromatic N) is 2. The minimum absolute atomic E-state index is 0.0668. The van der Waals surface area contributed by atoms with Gasteiger partial charge in [0.05, 0.1) is 16.8 Å². The molecule has 8 nitrogen and oxygen atoms in total. The van der Waals surface area contributed by atoms with Gasteiger partial charge in [-0.05, 0) is 57.9 Å². The molecule has 2 aromatic heterocycles. The summed E-state index contributed by atoms with van der Waals surface area (Å²) >= 11 is 1.29. The number of pyridine rings is 1. The topological polar surface area (TPSA) is 98.1 Å². The first kappa shape index (κ1) is 22.1. The minimum Gasteiger partial charge on any atom is -0.502 e. The number of hydrogen-bond acceptors (Lipinski definition) is 7. The molecule has 0 aromatic carbocycles. The van der Waals surface area contributed by atoms with Crippen molar-refractivity contribution in [3.05, 3.63) is 27.4 Å². The molecule has 0 saturated carbocycles. The van der Waals surface area contributed by atoms with Gasteiger partial charge in [-0.2, -0.15) is 0 Å². The molecule has 164 valence electrons. The number of piperidine rings is 1. The van der Waals surface area contributed by atoms with E-state index in [2.05, 4.69) is 0 Å². The highest BCUT2D eigenvalue weighted by Gasteiger charge is 2.29. The van der Waals surface area contributed by atoms with Gasteiger partial charge in [-0.1, -0.05) is 0 Å². The Morgan fingerprint density at radius 1 is 1.27 bits per heavy atom. The van der Waals surface area contributed by atoms with Crippen LogP contribution in [0.3, 0.4) is 0 Å². The normalized spacial score (nSPS) is 15.4. The Morgan fingerprint density at radius 3 is 2.53 bits per heavy atom. The van der Waals surface area contributed by atoms with Crippen LogP contribution in [0, 0.1) is 5.92 Å². The lowest BCUT2D eigenvalue weighted by Gasteiger charge is -2.33. The number of thiophene rings is 1. The van der Waals surface area contributed by atoms with E-state index in [9.17, 15) is 19.5 Å². The van der Waals surface area contributed by atoms with E-state index in [0.29, 0.717) is 29.9 Å². The summed E-state index contributed by atoms with van der Waals surface area (Å²) in [5, 5.41) is 12.2. The molecule has 3 heterocycles. The van der Waals surface area contributed by atoms with E-state index < -0.39 is 22.9 Å². The van der Waals surface area contributed by atoms with E-state index in [-0.39, 0.29) is 24.2 Å². The van der Waals surface area contributed by atoms with Crippen molar-refractivity contribution in [2.24, 2.45) is 5.92 Å². The van der Waals surface area contributed by atoms with Crippen molar-refractivity contribution >= 4 is 33.6 Å². The second-order valence-corrected chi connectivity index (χ2v) is 9.32. The van der Waals surface area contributed by atoms with Crippen LogP contribution in [0.1, 0.15) is 50.9 Å². The van der Waals surface area contributed by atoms with E-state index in [1.807, 2.05) is 20.8 Å². The lowest BCUT2D eigenvalue weighted by atomic mass is 9.96. The van der Waals surface area contributed by atoms with Gasteiger partial charge < -0.3 is 24.0 Å². The molecule has 1 saturated heterocycles. The molecule has 0 radical (unpaired) electrons. The predicted molar refractivity (Wildman–Crippen MR) is 114 cm³/mol. The Kier molecular flexibility index (Phi) is 6.40. The number of aromatic hydroxyl groups is 1. The van der Waals surface area contributed by atoms with E-state index in [0.717, 1.165) is 12.8 Å². The molecule has 9 heteroatoms. The zero-order valence-corrected chi connectivity index (χ0v) is 18.6. The molecular weight excluding hydrogens is 408 g/mol. The quantitative estimate of drug-likeness (QED) is 0.736. The van der Waals surface area contributed by atoms with Gasteiger partial charge in [0.2, 0.25) is 0 Å². The molecule has 0 unspecified atom stereocenters. The van der Waals surface area contributed by atoms with Crippen molar-refractivity contribution in [2.45, 2.75) is 52.7 Å². The van der Waals surface area contributed by atoms with Crippen LogP contribution in [0.4, 0.5) is 4.79 Å². The van der Waals surface area contributed by atoms with Crippen LogP contribution in [0.2, 0.25) is 0 Å². The number of aromatic nitrogens is 1. The van der Waals surface area contributed by atoms with Crippen molar-refractivity contribution in [1.29, 1.82) is 0 Å². The molecule has 0 bridgehead atoms. The van der Waals surface area contributed by atoms with Gasteiger partial charge in [0.25, 0.3) is 5.56 Å². The summed E-state index contributed by atoms with van der Waals surface area (Å²) in [5.41, 5.74) is -0.592. The SMILES string of the molecule is CCOC(=O)c1c(O)c(=O)n(CC2CCN(C(=O)OC(C)(C)C)CC2)c2ccsc12. The zero-order valence-electron chi connectivity index (χ0n) is 17.8. The number of rotatable bonds is 4. The monoisotopic (exact) mass is 436 g/mol. The third-order valence-electron chi connectivity index (χ3n) is 5.03.